The summed E-state index contributed by atoms with van der Waals surface area (Å²) in [5, 5.41) is 9.90. The van der Waals surface area contributed by atoms with Crippen molar-refractivity contribution >= 4 is 27.5 Å². The summed E-state index contributed by atoms with van der Waals surface area (Å²) in [4.78, 5) is 38.1. The number of piperidine rings is 2. The molecule has 0 N–H and O–H groups in total. The number of sulfonamides is 1. The highest BCUT2D eigenvalue weighted by Crippen LogP contribution is 2.52. The number of rotatable bonds is 9. The molecule has 1 unspecified atom stereocenters. The Morgan fingerprint density at radius 3 is 2.27 bits per heavy atom. The number of ether oxygens (including phenoxy) is 1. The summed E-state index contributed by atoms with van der Waals surface area (Å²) < 4.78 is 35.1. The van der Waals surface area contributed by atoms with E-state index in [0.29, 0.717) is 36.5 Å². The van der Waals surface area contributed by atoms with Crippen molar-refractivity contribution in [2.45, 2.75) is 69.2 Å². The van der Waals surface area contributed by atoms with E-state index >= 15 is 4.79 Å². The summed E-state index contributed by atoms with van der Waals surface area (Å²) in [6, 6.07) is 18.2. The predicted octanol–water partition coefficient (Wildman–Crippen LogP) is 5.12. The van der Waals surface area contributed by atoms with Crippen LogP contribution in [0.4, 0.5) is 5.69 Å². The summed E-state index contributed by atoms with van der Waals surface area (Å²) in [5.74, 6) is 0.260. The highest BCUT2D eigenvalue weighted by molar-refractivity contribution is 7.93. The molecule has 2 saturated heterocycles. The molecule has 11 heteroatoms. The van der Waals surface area contributed by atoms with Crippen molar-refractivity contribution in [1.29, 1.82) is 5.26 Å². The summed E-state index contributed by atoms with van der Waals surface area (Å²) in [6.07, 6.45) is 5.31. The smallest absolute Gasteiger partial charge is 0.270 e. The van der Waals surface area contributed by atoms with Crippen molar-refractivity contribution in [3.8, 4) is 11.9 Å². The van der Waals surface area contributed by atoms with Gasteiger partial charge in [-0.1, -0.05) is 24.3 Å². The van der Waals surface area contributed by atoms with Crippen LogP contribution in [-0.4, -0.2) is 73.8 Å². The van der Waals surface area contributed by atoms with Gasteiger partial charge in [0.2, 0.25) is 11.8 Å². The number of carbonyl (C=O) groups is 2. The summed E-state index contributed by atoms with van der Waals surface area (Å²) in [7, 11) is -4.40. The first kappa shape index (κ1) is 33.6. The van der Waals surface area contributed by atoms with Crippen LogP contribution >= 0.6 is 0 Å². The monoisotopic (exact) mass is 669 g/mol. The zero-order valence-corrected chi connectivity index (χ0v) is 28.7. The number of hydrogen-bond donors (Lipinski definition) is 0. The largest absolute Gasteiger partial charge is 0.478 e. The fraction of sp³-hybridized carbons (Fsp3) is 0.459. The number of pyridine rings is 1. The van der Waals surface area contributed by atoms with Gasteiger partial charge in [-0.2, -0.15) is 5.26 Å². The van der Waals surface area contributed by atoms with Crippen molar-refractivity contribution in [1.82, 2.24) is 14.8 Å². The second-order valence-corrected chi connectivity index (χ2v) is 15.1. The molecule has 0 spiro atoms. The molecule has 1 aromatic heterocycles. The second kappa shape index (κ2) is 13.7. The number of fused-ring (bicyclic) bond motifs is 1. The maximum atomic E-state index is 15.0. The van der Waals surface area contributed by atoms with Crippen LogP contribution in [0.25, 0.3) is 0 Å². The SMILES string of the molecule is CCOc1ncccc1C1(CC(=O)N2CCC(C3CCN(C(C)C)CC3)CC2)C(=O)N(S(=O)(=O)c2ccccc2)c2ccc(C#N)cc21. The van der Waals surface area contributed by atoms with Crippen LogP contribution in [0.15, 0.2) is 71.8 Å². The Kier molecular flexibility index (Phi) is 9.59. The Bertz CT molecular complexity index is 1810. The molecule has 2 aromatic carbocycles. The van der Waals surface area contributed by atoms with Crippen LogP contribution in [0.5, 0.6) is 5.88 Å². The molecule has 10 nitrogen and oxygen atoms in total. The van der Waals surface area contributed by atoms with Gasteiger partial charge in [-0.3, -0.25) is 9.59 Å². The van der Waals surface area contributed by atoms with E-state index in [-0.39, 0.29) is 46.5 Å². The third-order valence-corrected chi connectivity index (χ3v) is 12.1. The second-order valence-electron chi connectivity index (χ2n) is 13.3. The fourth-order valence-electron chi connectivity index (χ4n) is 7.82. The third kappa shape index (κ3) is 5.96. The number of benzene rings is 2. The molecule has 0 aliphatic carbocycles. The Morgan fingerprint density at radius 2 is 1.65 bits per heavy atom. The lowest BCUT2D eigenvalue weighted by atomic mass is 9.72. The van der Waals surface area contributed by atoms with Gasteiger partial charge in [-0.15, -0.1) is 0 Å². The van der Waals surface area contributed by atoms with Crippen LogP contribution in [0, 0.1) is 23.2 Å². The van der Waals surface area contributed by atoms with Crippen molar-refractivity contribution in [3.63, 3.8) is 0 Å². The quantitative estimate of drug-likeness (QED) is 0.308. The van der Waals surface area contributed by atoms with Crippen LogP contribution in [-0.2, 0) is 25.0 Å². The molecule has 6 rings (SSSR count). The van der Waals surface area contributed by atoms with Crippen molar-refractivity contribution in [2.24, 2.45) is 11.8 Å². The first-order chi connectivity index (χ1) is 23.1. The molecular formula is C37H43N5O5S. The van der Waals surface area contributed by atoms with Gasteiger partial charge in [0, 0.05) is 37.3 Å². The van der Waals surface area contributed by atoms with Gasteiger partial charge in [0.25, 0.3) is 15.9 Å². The lowest BCUT2D eigenvalue weighted by Crippen LogP contribution is -2.49. The lowest BCUT2D eigenvalue weighted by Gasteiger charge is -2.41. The summed E-state index contributed by atoms with van der Waals surface area (Å²) >= 11 is 0. The van der Waals surface area contributed by atoms with E-state index in [0.717, 1.165) is 30.2 Å². The predicted molar refractivity (Wildman–Crippen MR) is 182 cm³/mol. The zero-order chi connectivity index (χ0) is 34.1. The third-order valence-electron chi connectivity index (χ3n) is 10.4. The Morgan fingerprint density at radius 1 is 0.979 bits per heavy atom. The van der Waals surface area contributed by atoms with Gasteiger partial charge < -0.3 is 14.5 Å². The van der Waals surface area contributed by atoms with E-state index < -0.39 is 21.3 Å². The fourth-order valence-corrected chi connectivity index (χ4v) is 9.32. The Balaban J connectivity index is 1.38. The van der Waals surface area contributed by atoms with Gasteiger partial charge in [0.1, 0.15) is 5.41 Å². The minimum absolute atomic E-state index is 0.0618. The number of likely N-dealkylation sites (tertiary alicyclic amines) is 2. The highest BCUT2D eigenvalue weighted by atomic mass is 32.2. The number of aromatic nitrogens is 1. The minimum Gasteiger partial charge on any atom is -0.478 e. The Hall–Kier alpha value is -4.27. The van der Waals surface area contributed by atoms with Crippen LogP contribution in [0.1, 0.15) is 69.6 Å². The first-order valence-corrected chi connectivity index (χ1v) is 18.3. The van der Waals surface area contributed by atoms with E-state index in [2.05, 4.69) is 29.8 Å². The number of nitriles is 1. The summed E-state index contributed by atoms with van der Waals surface area (Å²) in [5.41, 5.74) is -0.906. The van der Waals surface area contributed by atoms with Crippen molar-refractivity contribution < 1.29 is 22.7 Å². The average Bonchev–Trinajstić information content (AvgIpc) is 3.36. The normalized spacial score (nSPS) is 20.9. The molecule has 252 valence electrons. The van der Waals surface area contributed by atoms with Crippen molar-refractivity contribution in [3.05, 3.63) is 83.6 Å². The first-order valence-electron chi connectivity index (χ1n) is 16.9. The number of hydrogen-bond acceptors (Lipinski definition) is 8. The van der Waals surface area contributed by atoms with Crippen molar-refractivity contribution in [2.75, 3.05) is 37.1 Å². The maximum absolute atomic E-state index is 15.0. The molecule has 2 amide bonds. The molecular weight excluding hydrogens is 627 g/mol. The van der Waals surface area contributed by atoms with Gasteiger partial charge in [-0.05, 0) is 113 Å². The minimum atomic E-state index is -4.40. The molecule has 3 aliphatic heterocycles. The van der Waals surface area contributed by atoms with E-state index in [1.54, 1.807) is 37.3 Å². The van der Waals surface area contributed by atoms with Gasteiger partial charge >= 0.3 is 0 Å². The van der Waals surface area contributed by atoms with E-state index in [4.69, 9.17) is 4.74 Å². The maximum Gasteiger partial charge on any atom is 0.270 e. The van der Waals surface area contributed by atoms with Gasteiger partial charge in [0.15, 0.2) is 0 Å². The van der Waals surface area contributed by atoms with Gasteiger partial charge in [-0.25, -0.2) is 17.7 Å². The lowest BCUT2D eigenvalue weighted by molar-refractivity contribution is -0.136. The van der Waals surface area contributed by atoms with E-state index in [9.17, 15) is 18.5 Å². The van der Waals surface area contributed by atoms with E-state index in [1.807, 2.05) is 4.90 Å². The highest BCUT2D eigenvalue weighted by Gasteiger charge is 2.58. The standard InChI is InChI=1S/C37H43N5O5S/c1-4-47-35-31(11-8-18-39-35)37(24-34(43)41-21-16-29(17-22-41)28-14-19-40(20-15-28)26(2)3)32-23-27(25-38)12-13-33(32)42(36(37)44)48(45,46)30-9-6-5-7-10-30/h5-13,18,23,26,28-29H,4,14-17,19-22,24H2,1-3H3. The van der Waals surface area contributed by atoms with Gasteiger partial charge in [0.05, 0.1) is 28.8 Å². The number of amides is 2. The van der Waals surface area contributed by atoms with E-state index in [1.165, 1.54) is 49.4 Å². The van der Waals surface area contributed by atoms with Crippen LogP contribution < -0.4 is 9.04 Å². The molecule has 0 saturated carbocycles. The molecule has 0 bridgehead atoms. The molecule has 48 heavy (non-hydrogen) atoms. The molecule has 3 aliphatic rings. The number of nitrogens with zero attached hydrogens (tertiary/aromatic N) is 5. The average molecular weight is 670 g/mol. The molecule has 0 radical (unpaired) electrons. The Labute approximate surface area is 283 Å². The number of anilines is 1. The molecule has 1 atom stereocenters. The zero-order valence-electron chi connectivity index (χ0n) is 27.8. The molecule has 3 aromatic rings. The van der Waals surface area contributed by atoms with Crippen LogP contribution in [0.2, 0.25) is 0 Å². The molecule has 2 fully saturated rings. The molecule has 4 heterocycles. The number of carbonyl (C=O) groups excluding carboxylic acids is 2. The van der Waals surface area contributed by atoms with Crippen LogP contribution in [0.3, 0.4) is 0 Å². The topological polar surface area (TPSA) is 124 Å². The summed E-state index contributed by atoms with van der Waals surface area (Å²) in [6.45, 7) is 9.86.